The van der Waals surface area contributed by atoms with Crippen LogP contribution in [0.15, 0.2) is 42.5 Å². The van der Waals surface area contributed by atoms with E-state index < -0.39 is 5.97 Å². The second-order valence-electron chi connectivity index (χ2n) is 4.82. The second-order valence-corrected chi connectivity index (χ2v) is 4.82. The lowest BCUT2D eigenvalue weighted by Gasteiger charge is -2.15. The van der Waals surface area contributed by atoms with Crippen molar-refractivity contribution in [2.75, 3.05) is 28.1 Å². The monoisotopic (exact) mass is 332 g/mol. The van der Waals surface area contributed by atoms with Gasteiger partial charge >= 0.3 is 5.97 Å². The molecule has 0 aliphatic carbocycles. The molecule has 6 heteroatoms. The number of hydrogen-bond donors (Lipinski definition) is 0. The number of rotatable bonds is 8. The summed E-state index contributed by atoms with van der Waals surface area (Å²) in [4.78, 5) is 11.9. The fourth-order valence-electron chi connectivity index (χ4n) is 2.06. The molecule has 0 atom stereocenters. The van der Waals surface area contributed by atoms with E-state index in [1.807, 2.05) is 30.3 Å². The normalized spacial score (nSPS) is 10.1. The van der Waals surface area contributed by atoms with Crippen molar-refractivity contribution in [3.05, 3.63) is 53.6 Å². The maximum absolute atomic E-state index is 11.9. The lowest BCUT2D eigenvalue weighted by atomic mass is 10.1. The van der Waals surface area contributed by atoms with Crippen LogP contribution in [0.4, 0.5) is 0 Å². The van der Waals surface area contributed by atoms with Gasteiger partial charge in [0.25, 0.3) is 0 Å². The summed E-state index contributed by atoms with van der Waals surface area (Å²) in [6.07, 6.45) is 0. The van der Waals surface area contributed by atoms with Crippen LogP contribution in [-0.4, -0.2) is 34.1 Å². The highest BCUT2D eigenvalue weighted by Crippen LogP contribution is 2.35. The molecule has 0 aliphatic heterocycles. The van der Waals surface area contributed by atoms with Crippen LogP contribution in [-0.2, 0) is 16.1 Å². The molecule has 0 saturated carbocycles. The molecule has 0 saturated heterocycles. The Morgan fingerprint density at radius 1 is 0.917 bits per heavy atom. The van der Waals surface area contributed by atoms with Crippen molar-refractivity contribution in [2.24, 2.45) is 0 Å². The lowest BCUT2D eigenvalue weighted by molar-refractivity contribution is 0.0462. The van der Waals surface area contributed by atoms with Gasteiger partial charge in [-0.2, -0.15) is 0 Å². The number of benzene rings is 2. The van der Waals surface area contributed by atoms with Gasteiger partial charge in [0.15, 0.2) is 18.3 Å². The zero-order valence-corrected chi connectivity index (χ0v) is 13.9. The van der Waals surface area contributed by atoms with E-state index in [9.17, 15) is 4.79 Å². The number of ether oxygens (including phenoxy) is 5. The van der Waals surface area contributed by atoms with Gasteiger partial charge < -0.3 is 23.7 Å². The zero-order chi connectivity index (χ0) is 17.4. The van der Waals surface area contributed by atoms with E-state index in [0.29, 0.717) is 23.9 Å². The average molecular weight is 332 g/mol. The number of carbonyl (C=O) groups is 1. The summed E-state index contributed by atoms with van der Waals surface area (Å²) in [5.74, 6) is 0.637. The summed E-state index contributed by atoms with van der Waals surface area (Å²) >= 11 is 0. The highest BCUT2D eigenvalue weighted by atomic mass is 16.7. The highest BCUT2D eigenvalue weighted by molar-refractivity contribution is 5.93. The van der Waals surface area contributed by atoms with Crippen molar-refractivity contribution in [1.29, 1.82) is 0 Å². The summed E-state index contributed by atoms with van der Waals surface area (Å²) in [5.41, 5.74) is 1.24. The zero-order valence-electron chi connectivity index (χ0n) is 13.9. The van der Waals surface area contributed by atoms with Crippen molar-refractivity contribution in [3.8, 4) is 17.2 Å². The molecule has 6 nitrogen and oxygen atoms in total. The van der Waals surface area contributed by atoms with Gasteiger partial charge in [-0.25, -0.2) is 4.79 Å². The summed E-state index contributed by atoms with van der Waals surface area (Å²) < 4.78 is 26.2. The molecule has 128 valence electrons. The Hall–Kier alpha value is -2.73. The molecule has 2 rings (SSSR count). The maximum Gasteiger partial charge on any atom is 0.341 e. The van der Waals surface area contributed by atoms with E-state index >= 15 is 0 Å². The Kier molecular flexibility index (Phi) is 6.45. The van der Waals surface area contributed by atoms with Crippen LogP contribution in [0, 0.1) is 0 Å². The van der Waals surface area contributed by atoms with Gasteiger partial charge in [-0.15, -0.1) is 0 Å². The predicted octanol–water partition coefficient (Wildman–Crippen LogP) is 3.04. The van der Waals surface area contributed by atoms with Crippen molar-refractivity contribution < 1.29 is 28.5 Å². The van der Waals surface area contributed by atoms with Crippen LogP contribution in [0.1, 0.15) is 15.9 Å². The standard InChI is InChI=1S/C18H20O6/c1-20-12-24-15-10-17(23-11-13-7-5-4-6-8-13)16(21-2)9-14(15)18(19)22-3/h4-10H,11-12H2,1-3H3. The first-order chi connectivity index (χ1) is 11.7. The first kappa shape index (κ1) is 17.6. The molecule has 0 unspecified atom stereocenters. The van der Waals surface area contributed by atoms with E-state index in [1.54, 1.807) is 6.07 Å². The number of carbonyl (C=O) groups excluding carboxylic acids is 1. The van der Waals surface area contributed by atoms with Crippen LogP contribution < -0.4 is 14.2 Å². The van der Waals surface area contributed by atoms with E-state index in [-0.39, 0.29) is 12.4 Å². The number of esters is 1. The largest absolute Gasteiger partial charge is 0.493 e. The van der Waals surface area contributed by atoms with Crippen LogP contribution in [0.2, 0.25) is 0 Å². The van der Waals surface area contributed by atoms with Crippen molar-refractivity contribution in [1.82, 2.24) is 0 Å². The molecule has 24 heavy (non-hydrogen) atoms. The first-order valence-electron chi connectivity index (χ1n) is 7.28. The fraction of sp³-hybridized carbons (Fsp3) is 0.278. The first-order valence-corrected chi connectivity index (χ1v) is 7.28. The topological polar surface area (TPSA) is 63.2 Å². The molecule has 0 heterocycles. The molecular formula is C18H20O6. The van der Waals surface area contributed by atoms with Gasteiger partial charge in [-0.1, -0.05) is 30.3 Å². The van der Waals surface area contributed by atoms with Gasteiger partial charge in [0.2, 0.25) is 0 Å². The van der Waals surface area contributed by atoms with Crippen molar-refractivity contribution in [2.45, 2.75) is 6.61 Å². The molecule has 0 aromatic heterocycles. The van der Waals surface area contributed by atoms with E-state index in [0.717, 1.165) is 5.56 Å². The maximum atomic E-state index is 11.9. The van der Waals surface area contributed by atoms with Gasteiger partial charge in [0, 0.05) is 19.2 Å². The lowest BCUT2D eigenvalue weighted by Crippen LogP contribution is -2.09. The Morgan fingerprint density at radius 3 is 2.29 bits per heavy atom. The molecule has 0 spiro atoms. The molecule has 0 bridgehead atoms. The average Bonchev–Trinajstić information content (AvgIpc) is 2.64. The van der Waals surface area contributed by atoms with Gasteiger partial charge in [-0.05, 0) is 5.56 Å². The van der Waals surface area contributed by atoms with E-state index in [1.165, 1.54) is 27.4 Å². The smallest absolute Gasteiger partial charge is 0.341 e. The molecule has 0 radical (unpaired) electrons. The van der Waals surface area contributed by atoms with Crippen molar-refractivity contribution >= 4 is 5.97 Å². The van der Waals surface area contributed by atoms with Gasteiger partial charge in [-0.3, -0.25) is 0 Å². The molecule has 2 aromatic rings. The second kappa shape index (κ2) is 8.79. The summed E-state index contributed by atoms with van der Waals surface area (Å²) in [6.45, 7) is 0.354. The third-order valence-corrected chi connectivity index (χ3v) is 3.24. The number of hydrogen-bond acceptors (Lipinski definition) is 6. The Balaban J connectivity index is 2.29. The van der Waals surface area contributed by atoms with E-state index in [2.05, 4.69) is 0 Å². The van der Waals surface area contributed by atoms with Crippen LogP contribution in [0.5, 0.6) is 17.2 Å². The molecule has 0 fully saturated rings. The minimum Gasteiger partial charge on any atom is -0.493 e. The van der Waals surface area contributed by atoms with Crippen LogP contribution in [0.3, 0.4) is 0 Å². The van der Waals surface area contributed by atoms with Gasteiger partial charge in [0.05, 0.1) is 14.2 Å². The molecule has 0 amide bonds. The predicted molar refractivity (Wildman–Crippen MR) is 87.6 cm³/mol. The highest BCUT2D eigenvalue weighted by Gasteiger charge is 2.19. The van der Waals surface area contributed by atoms with E-state index in [4.69, 9.17) is 23.7 Å². The molecule has 0 aliphatic rings. The summed E-state index contributed by atoms with van der Waals surface area (Å²) in [6, 6.07) is 12.8. The quantitative estimate of drug-likeness (QED) is 0.547. The number of methoxy groups -OCH3 is 3. The Labute approximate surface area is 140 Å². The summed E-state index contributed by atoms with van der Waals surface area (Å²) in [5, 5.41) is 0. The minimum atomic E-state index is -0.533. The fourth-order valence-corrected chi connectivity index (χ4v) is 2.06. The molecule has 0 N–H and O–H groups in total. The Morgan fingerprint density at radius 2 is 1.67 bits per heavy atom. The molecule has 2 aromatic carbocycles. The van der Waals surface area contributed by atoms with Crippen LogP contribution in [0.25, 0.3) is 0 Å². The summed E-state index contributed by atoms with van der Waals surface area (Å²) in [7, 11) is 4.30. The SMILES string of the molecule is COCOc1cc(OCc2ccccc2)c(OC)cc1C(=O)OC. The minimum absolute atomic E-state index is 0.00551. The van der Waals surface area contributed by atoms with Gasteiger partial charge in [0.1, 0.15) is 17.9 Å². The van der Waals surface area contributed by atoms with Crippen molar-refractivity contribution in [3.63, 3.8) is 0 Å². The third-order valence-electron chi connectivity index (χ3n) is 3.24. The Bertz CT molecular complexity index is 669. The molecular weight excluding hydrogens is 312 g/mol. The van der Waals surface area contributed by atoms with Crippen LogP contribution >= 0.6 is 0 Å². The third kappa shape index (κ3) is 4.39.